The second kappa shape index (κ2) is 5.70. The molecule has 0 N–H and O–H groups in total. The normalized spacial score (nSPS) is 15.7. The topological polar surface area (TPSA) is 17.3 Å². The molecule has 6 aromatic rings. The van der Waals surface area contributed by atoms with Gasteiger partial charge in [-0.15, -0.1) is 0 Å². The van der Waals surface area contributed by atoms with Gasteiger partial charge in [0.1, 0.15) is 0 Å². The molecule has 0 unspecified atom stereocenters. The Hall–Kier alpha value is -3.13. The van der Waals surface area contributed by atoms with E-state index in [2.05, 4.69) is 65.1 Å². The molecule has 1 fully saturated rings. The van der Waals surface area contributed by atoms with Crippen molar-refractivity contribution < 1.29 is 0 Å². The van der Waals surface area contributed by atoms with Crippen molar-refractivity contribution in [3.63, 3.8) is 0 Å². The highest BCUT2D eigenvalue weighted by Gasteiger charge is 2.23. The highest BCUT2D eigenvalue weighted by atomic mass is 14.9. The molecule has 2 heteroatoms. The molecular weight excluding hydrogens is 352 g/mol. The van der Waals surface area contributed by atoms with Gasteiger partial charge in [0.25, 0.3) is 0 Å². The monoisotopic (exact) mass is 374 g/mol. The SMILES string of the molecule is c1ccc2c(c1)c1nccc3cc(CC4CCCC4)c4c5ccccc5n2c4c31. The van der Waals surface area contributed by atoms with Gasteiger partial charge in [-0.05, 0) is 41.5 Å². The van der Waals surface area contributed by atoms with Gasteiger partial charge in [-0.2, -0.15) is 0 Å². The van der Waals surface area contributed by atoms with E-state index in [4.69, 9.17) is 4.98 Å². The maximum Gasteiger partial charge on any atom is 0.0822 e. The minimum Gasteiger partial charge on any atom is -0.308 e. The summed E-state index contributed by atoms with van der Waals surface area (Å²) in [6.07, 6.45) is 8.72. The molecule has 0 amide bonds. The van der Waals surface area contributed by atoms with Crippen LogP contribution in [0, 0.1) is 5.92 Å². The van der Waals surface area contributed by atoms with Crippen molar-refractivity contribution in [2.75, 3.05) is 0 Å². The van der Waals surface area contributed by atoms with Crippen LogP contribution in [0.2, 0.25) is 0 Å². The largest absolute Gasteiger partial charge is 0.308 e. The van der Waals surface area contributed by atoms with Crippen LogP contribution in [0.15, 0.2) is 66.9 Å². The van der Waals surface area contributed by atoms with Crippen LogP contribution >= 0.6 is 0 Å². The predicted octanol–water partition coefficient (Wildman–Crippen LogP) is 7.12. The third kappa shape index (κ3) is 2.04. The second-order valence-electron chi connectivity index (χ2n) is 8.74. The van der Waals surface area contributed by atoms with Crippen molar-refractivity contribution >= 4 is 49.0 Å². The highest BCUT2D eigenvalue weighted by molar-refractivity contribution is 6.28. The number of nitrogens with zero attached hydrogens (tertiary/aromatic N) is 2. The molecule has 1 aliphatic carbocycles. The lowest BCUT2D eigenvalue weighted by Gasteiger charge is -2.16. The van der Waals surface area contributed by atoms with E-state index in [1.165, 1.54) is 81.1 Å². The molecule has 3 aromatic carbocycles. The summed E-state index contributed by atoms with van der Waals surface area (Å²) in [5.41, 5.74) is 6.57. The summed E-state index contributed by atoms with van der Waals surface area (Å²) < 4.78 is 2.50. The smallest absolute Gasteiger partial charge is 0.0822 e. The molecule has 0 bridgehead atoms. The molecule has 1 saturated carbocycles. The van der Waals surface area contributed by atoms with Crippen molar-refractivity contribution in [2.24, 2.45) is 5.92 Å². The Labute approximate surface area is 169 Å². The standard InChI is InChI=1S/C27H22N2/c1-2-8-17(7-1)15-19-16-18-13-14-28-26-21-10-4-6-12-23(21)29-22-11-5-3-9-20(22)24(19)27(29)25(18)26/h3-6,9-14,16-17H,1-2,7-8,15H2. The summed E-state index contributed by atoms with van der Waals surface area (Å²) in [7, 11) is 0. The average molecular weight is 374 g/mol. The lowest BCUT2D eigenvalue weighted by molar-refractivity contribution is 0.549. The van der Waals surface area contributed by atoms with Crippen LogP contribution in [0.4, 0.5) is 0 Å². The van der Waals surface area contributed by atoms with Gasteiger partial charge in [0.2, 0.25) is 0 Å². The highest BCUT2D eigenvalue weighted by Crippen LogP contribution is 2.43. The van der Waals surface area contributed by atoms with Gasteiger partial charge in [0.15, 0.2) is 0 Å². The minimum absolute atomic E-state index is 0.828. The van der Waals surface area contributed by atoms with Crippen LogP contribution in [-0.4, -0.2) is 9.38 Å². The first kappa shape index (κ1) is 15.8. The van der Waals surface area contributed by atoms with Crippen molar-refractivity contribution in [1.29, 1.82) is 0 Å². The van der Waals surface area contributed by atoms with E-state index in [-0.39, 0.29) is 0 Å². The third-order valence-electron chi connectivity index (χ3n) is 7.13. The zero-order chi connectivity index (χ0) is 18.9. The number of rotatable bonds is 2. The maximum absolute atomic E-state index is 4.85. The fourth-order valence-electron chi connectivity index (χ4n) is 5.92. The molecule has 140 valence electrons. The van der Waals surface area contributed by atoms with Crippen LogP contribution < -0.4 is 0 Å². The Kier molecular flexibility index (Phi) is 3.10. The molecular formula is C27H22N2. The van der Waals surface area contributed by atoms with Crippen LogP contribution in [0.25, 0.3) is 49.0 Å². The molecule has 3 aromatic heterocycles. The van der Waals surface area contributed by atoms with Crippen LogP contribution in [0.1, 0.15) is 31.2 Å². The zero-order valence-corrected chi connectivity index (χ0v) is 16.4. The molecule has 0 atom stereocenters. The predicted molar refractivity (Wildman–Crippen MR) is 122 cm³/mol. The number of pyridine rings is 2. The van der Waals surface area contributed by atoms with Crippen LogP contribution in [0.3, 0.4) is 0 Å². The first-order valence-electron chi connectivity index (χ1n) is 10.8. The first-order chi connectivity index (χ1) is 14.4. The summed E-state index contributed by atoms with van der Waals surface area (Å²) in [6.45, 7) is 0. The first-order valence-corrected chi connectivity index (χ1v) is 10.8. The average Bonchev–Trinajstić information content (AvgIpc) is 3.40. The summed E-state index contributed by atoms with van der Waals surface area (Å²) in [6, 6.07) is 22.3. The van der Waals surface area contributed by atoms with Crippen LogP contribution in [-0.2, 0) is 6.42 Å². The molecule has 2 nitrogen and oxygen atoms in total. The molecule has 0 saturated heterocycles. The van der Waals surface area contributed by atoms with Gasteiger partial charge in [0, 0.05) is 27.7 Å². The summed E-state index contributed by atoms with van der Waals surface area (Å²) in [4.78, 5) is 4.85. The molecule has 0 aliphatic heterocycles. The Morgan fingerprint density at radius 2 is 1.55 bits per heavy atom. The molecule has 1 aliphatic rings. The van der Waals surface area contributed by atoms with Crippen molar-refractivity contribution in [1.82, 2.24) is 9.38 Å². The Morgan fingerprint density at radius 3 is 2.38 bits per heavy atom. The van der Waals surface area contributed by atoms with Gasteiger partial charge >= 0.3 is 0 Å². The molecule has 7 rings (SSSR count). The van der Waals surface area contributed by atoms with Crippen molar-refractivity contribution in [2.45, 2.75) is 32.1 Å². The number of para-hydroxylation sites is 2. The lowest BCUT2D eigenvalue weighted by atomic mass is 9.91. The van der Waals surface area contributed by atoms with E-state index >= 15 is 0 Å². The van der Waals surface area contributed by atoms with Crippen molar-refractivity contribution in [3.8, 4) is 0 Å². The number of hydrogen-bond donors (Lipinski definition) is 0. The zero-order valence-electron chi connectivity index (χ0n) is 16.4. The molecule has 29 heavy (non-hydrogen) atoms. The minimum atomic E-state index is 0.828. The van der Waals surface area contributed by atoms with Gasteiger partial charge in [-0.1, -0.05) is 68.1 Å². The van der Waals surface area contributed by atoms with E-state index in [1.54, 1.807) is 0 Å². The number of benzene rings is 3. The van der Waals surface area contributed by atoms with Gasteiger partial charge < -0.3 is 4.40 Å². The number of aromatic nitrogens is 2. The number of fused-ring (bicyclic) bond motifs is 6. The van der Waals surface area contributed by atoms with E-state index in [0.717, 1.165) is 11.4 Å². The Bertz CT molecular complexity index is 1530. The van der Waals surface area contributed by atoms with Crippen LogP contribution in [0.5, 0.6) is 0 Å². The van der Waals surface area contributed by atoms with E-state index in [0.29, 0.717) is 0 Å². The van der Waals surface area contributed by atoms with E-state index < -0.39 is 0 Å². The Balaban J connectivity index is 1.76. The van der Waals surface area contributed by atoms with Gasteiger partial charge in [-0.25, -0.2) is 0 Å². The van der Waals surface area contributed by atoms with Gasteiger partial charge in [-0.3, -0.25) is 4.98 Å². The van der Waals surface area contributed by atoms with E-state index in [1.807, 2.05) is 6.20 Å². The van der Waals surface area contributed by atoms with Crippen molar-refractivity contribution in [3.05, 3.63) is 72.4 Å². The summed E-state index contributed by atoms with van der Waals surface area (Å²) in [5.74, 6) is 0.828. The molecule has 0 radical (unpaired) electrons. The quantitative estimate of drug-likeness (QED) is 0.233. The van der Waals surface area contributed by atoms with Gasteiger partial charge in [0.05, 0.1) is 22.1 Å². The fourth-order valence-corrected chi connectivity index (χ4v) is 5.92. The summed E-state index contributed by atoms with van der Waals surface area (Å²) >= 11 is 0. The molecule has 0 spiro atoms. The van der Waals surface area contributed by atoms with E-state index in [9.17, 15) is 0 Å². The number of hydrogen-bond acceptors (Lipinski definition) is 1. The lowest BCUT2D eigenvalue weighted by Crippen LogP contribution is -2.01. The molecule has 3 heterocycles. The summed E-state index contributed by atoms with van der Waals surface area (Å²) in [5, 5.41) is 6.70. The maximum atomic E-state index is 4.85. The third-order valence-corrected chi connectivity index (χ3v) is 7.13. The second-order valence-corrected chi connectivity index (χ2v) is 8.74. The fraction of sp³-hybridized carbons (Fsp3) is 0.222. The Morgan fingerprint density at radius 1 is 0.828 bits per heavy atom.